The van der Waals surface area contributed by atoms with Gasteiger partial charge in [-0.15, -0.1) is 0 Å². The molecule has 0 aliphatic heterocycles. The summed E-state index contributed by atoms with van der Waals surface area (Å²) in [6.45, 7) is -0.200. The van der Waals surface area contributed by atoms with Gasteiger partial charge < -0.3 is 9.84 Å². The van der Waals surface area contributed by atoms with Crippen LogP contribution in [0.25, 0.3) is 0 Å². The number of benzene rings is 2. The third kappa shape index (κ3) is 3.14. The van der Waals surface area contributed by atoms with E-state index in [1.807, 2.05) is 0 Å². The first kappa shape index (κ1) is 14.5. The Balaban J connectivity index is 2.23. The number of rotatable bonds is 5. The van der Waals surface area contributed by atoms with Gasteiger partial charge in [0.2, 0.25) is 0 Å². The maximum Gasteiger partial charge on any atom is 0.165 e. The van der Waals surface area contributed by atoms with Gasteiger partial charge in [-0.1, -0.05) is 24.3 Å². The van der Waals surface area contributed by atoms with Crippen molar-refractivity contribution in [2.75, 3.05) is 13.7 Å². The molecule has 20 heavy (non-hydrogen) atoms. The molecule has 0 saturated heterocycles. The number of hydrogen-bond acceptors (Lipinski definition) is 2. The number of methoxy groups -OCH3 is 1. The summed E-state index contributed by atoms with van der Waals surface area (Å²) >= 11 is 0. The second-order valence-electron chi connectivity index (χ2n) is 4.57. The van der Waals surface area contributed by atoms with Crippen LogP contribution in [0.4, 0.5) is 8.78 Å². The van der Waals surface area contributed by atoms with Crippen molar-refractivity contribution in [3.8, 4) is 5.75 Å². The van der Waals surface area contributed by atoms with E-state index in [2.05, 4.69) is 0 Å². The first-order chi connectivity index (χ1) is 9.65. The Kier molecular flexibility index (Phi) is 4.69. The van der Waals surface area contributed by atoms with Crippen molar-refractivity contribution in [2.45, 2.75) is 12.3 Å². The molecular weight excluding hydrogens is 262 g/mol. The lowest BCUT2D eigenvalue weighted by atomic mass is 9.92. The molecule has 0 aliphatic rings. The van der Waals surface area contributed by atoms with Crippen molar-refractivity contribution in [1.29, 1.82) is 0 Å². The zero-order valence-electron chi connectivity index (χ0n) is 11.1. The average molecular weight is 278 g/mol. The van der Waals surface area contributed by atoms with Gasteiger partial charge in [0.25, 0.3) is 0 Å². The number of halogens is 2. The Morgan fingerprint density at radius 1 is 1.10 bits per heavy atom. The summed E-state index contributed by atoms with van der Waals surface area (Å²) in [4.78, 5) is 0. The van der Waals surface area contributed by atoms with Crippen LogP contribution < -0.4 is 4.74 Å². The molecule has 0 amide bonds. The Bertz CT molecular complexity index is 584. The van der Waals surface area contributed by atoms with Gasteiger partial charge in [-0.25, -0.2) is 8.78 Å². The highest BCUT2D eigenvalue weighted by Gasteiger charge is 2.16. The molecule has 2 rings (SSSR count). The second-order valence-corrected chi connectivity index (χ2v) is 4.57. The zero-order chi connectivity index (χ0) is 14.5. The standard InChI is InChI=1S/C16H16F2O2/c1-20-16-7-6-11(9-15(16)18)8-12(10-19)13-4-2-3-5-14(13)17/h2-7,9,12,19H,8,10H2,1H3. The topological polar surface area (TPSA) is 29.5 Å². The SMILES string of the molecule is COc1ccc(CC(CO)c2ccccc2F)cc1F. The molecule has 1 N–H and O–H groups in total. The highest BCUT2D eigenvalue weighted by Crippen LogP contribution is 2.25. The second kappa shape index (κ2) is 6.48. The van der Waals surface area contributed by atoms with E-state index in [0.29, 0.717) is 17.5 Å². The van der Waals surface area contributed by atoms with Crippen LogP contribution in [0, 0.1) is 11.6 Å². The van der Waals surface area contributed by atoms with Gasteiger partial charge >= 0.3 is 0 Å². The van der Waals surface area contributed by atoms with Crippen LogP contribution in [0.3, 0.4) is 0 Å². The quantitative estimate of drug-likeness (QED) is 0.909. The van der Waals surface area contributed by atoms with Gasteiger partial charge in [-0.2, -0.15) is 0 Å². The Hall–Kier alpha value is -1.94. The maximum atomic E-state index is 13.7. The molecule has 0 heterocycles. The van der Waals surface area contributed by atoms with Crippen LogP contribution in [0.15, 0.2) is 42.5 Å². The van der Waals surface area contributed by atoms with E-state index in [-0.39, 0.29) is 18.2 Å². The summed E-state index contributed by atoms with van der Waals surface area (Å²) in [7, 11) is 1.40. The largest absolute Gasteiger partial charge is 0.494 e. The molecule has 0 saturated carbocycles. The molecule has 2 aromatic rings. The van der Waals surface area contributed by atoms with E-state index in [1.165, 1.54) is 25.3 Å². The fraction of sp³-hybridized carbons (Fsp3) is 0.250. The summed E-state index contributed by atoms with van der Waals surface area (Å²) in [5, 5.41) is 9.45. The van der Waals surface area contributed by atoms with Crippen LogP contribution in [-0.2, 0) is 6.42 Å². The molecule has 0 spiro atoms. The van der Waals surface area contributed by atoms with Gasteiger partial charge in [0, 0.05) is 5.92 Å². The summed E-state index contributed by atoms with van der Waals surface area (Å²) in [6.07, 6.45) is 0.359. The molecule has 1 unspecified atom stereocenters. The Labute approximate surface area is 116 Å². The predicted molar refractivity (Wildman–Crippen MR) is 72.9 cm³/mol. The summed E-state index contributed by atoms with van der Waals surface area (Å²) < 4.78 is 32.2. The lowest BCUT2D eigenvalue weighted by molar-refractivity contribution is 0.261. The highest BCUT2D eigenvalue weighted by atomic mass is 19.1. The molecule has 0 aromatic heterocycles. The third-order valence-corrected chi connectivity index (χ3v) is 3.26. The van der Waals surface area contributed by atoms with E-state index in [0.717, 1.165) is 0 Å². The molecule has 0 fully saturated rings. The molecular formula is C16H16F2O2. The number of hydrogen-bond donors (Lipinski definition) is 1. The molecule has 1 atom stereocenters. The minimum absolute atomic E-state index is 0.167. The lowest BCUT2D eigenvalue weighted by Crippen LogP contribution is -2.10. The van der Waals surface area contributed by atoms with Crippen LogP contribution in [0.2, 0.25) is 0 Å². The first-order valence-electron chi connectivity index (χ1n) is 6.33. The fourth-order valence-corrected chi connectivity index (χ4v) is 2.20. The predicted octanol–water partition coefficient (Wildman–Crippen LogP) is 3.29. The number of aliphatic hydroxyl groups excluding tert-OH is 1. The van der Waals surface area contributed by atoms with Gasteiger partial charge in [0.1, 0.15) is 5.82 Å². The molecule has 2 nitrogen and oxygen atoms in total. The summed E-state index contributed by atoms with van der Waals surface area (Å²) in [6, 6.07) is 10.9. The van der Waals surface area contributed by atoms with Gasteiger partial charge in [-0.05, 0) is 35.7 Å². The first-order valence-corrected chi connectivity index (χ1v) is 6.33. The van der Waals surface area contributed by atoms with Crippen LogP contribution in [0.5, 0.6) is 5.75 Å². The Morgan fingerprint density at radius 2 is 1.85 bits per heavy atom. The Morgan fingerprint density at radius 3 is 2.45 bits per heavy atom. The van der Waals surface area contributed by atoms with Crippen LogP contribution >= 0.6 is 0 Å². The van der Waals surface area contributed by atoms with E-state index in [4.69, 9.17) is 4.74 Å². The van der Waals surface area contributed by atoms with Crippen molar-refractivity contribution in [3.05, 3.63) is 65.2 Å². The smallest absolute Gasteiger partial charge is 0.165 e. The summed E-state index contributed by atoms with van der Waals surface area (Å²) in [5.74, 6) is -1.06. The normalized spacial score (nSPS) is 12.2. The minimum atomic E-state index is -0.463. The minimum Gasteiger partial charge on any atom is -0.494 e. The lowest BCUT2D eigenvalue weighted by Gasteiger charge is -2.16. The monoisotopic (exact) mass is 278 g/mol. The molecule has 0 radical (unpaired) electrons. The van der Waals surface area contributed by atoms with E-state index in [1.54, 1.807) is 24.3 Å². The molecule has 2 aromatic carbocycles. The van der Waals surface area contributed by atoms with Crippen LogP contribution in [0.1, 0.15) is 17.0 Å². The zero-order valence-corrected chi connectivity index (χ0v) is 11.1. The van der Waals surface area contributed by atoms with Crippen molar-refractivity contribution in [2.24, 2.45) is 0 Å². The van der Waals surface area contributed by atoms with Crippen molar-refractivity contribution in [1.82, 2.24) is 0 Å². The van der Waals surface area contributed by atoms with Crippen molar-refractivity contribution < 1.29 is 18.6 Å². The van der Waals surface area contributed by atoms with Gasteiger partial charge in [0.05, 0.1) is 13.7 Å². The van der Waals surface area contributed by atoms with E-state index >= 15 is 0 Å². The molecule has 0 bridgehead atoms. The molecule has 0 aliphatic carbocycles. The van der Waals surface area contributed by atoms with E-state index < -0.39 is 11.7 Å². The fourth-order valence-electron chi connectivity index (χ4n) is 2.20. The highest BCUT2D eigenvalue weighted by molar-refractivity contribution is 5.31. The van der Waals surface area contributed by atoms with Crippen molar-refractivity contribution >= 4 is 0 Å². The van der Waals surface area contributed by atoms with Gasteiger partial charge in [0.15, 0.2) is 11.6 Å². The third-order valence-electron chi connectivity index (χ3n) is 3.26. The number of ether oxygens (including phenoxy) is 1. The molecule has 106 valence electrons. The number of aliphatic hydroxyl groups is 1. The average Bonchev–Trinajstić information content (AvgIpc) is 2.46. The van der Waals surface area contributed by atoms with Gasteiger partial charge in [-0.3, -0.25) is 0 Å². The molecule has 4 heteroatoms. The summed E-state index contributed by atoms with van der Waals surface area (Å²) in [5.41, 5.74) is 1.12. The maximum absolute atomic E-state index is 13.7. The van der Waals surface area contributed by atoms with Crippen LogP contribution in [-0.4, -0.2) is 18.8 Å². The van der Waals surface area contributed by atoms with Crippen molar-refractivity contribution in [3.63, 3.8) is 0 Å². The van der Waals surface area contributed by atoms with E-state index in [9.17, 15) is 13.9 Å².